The van der Waals surface area contributed by atoms with E-state index < -0.39 is 0 Å². The fourth-order valence-electron chi connectivity index (χ4n) is 3.77. The van der Waals surface area contributed by atoms with Crippen molar-refractivity contribution in [2.24, 2.45) is 0 Å². The van der Waals surface area contributed by atoms with Crippen LogP contribution in [0.4, 0.5) is 5.82 Å². The molecule has 0 atom stereocenters. The summed E-state index contributed by atoms with van der Waals surface area (Å²) in [6, 6.07) is 22.9. The number of aromatic amines is 1. The number of anilines is 1. The maximum Gasteiger partial charge on any atom is 0.191 e. The molecule has 0 radical (unpaired) electrons. The van der Waals surface area contributed by atoms with Gasteiger partial charge < -0.3 is 20.4 Å². The van der Waals surface area contributed by atoms with Crippen LogP contribution in [-0.4, -0.2) is 24.7 Å². The molecule has 3 aromatic carbocycles. The third-order valence-electron chi connectivity index (χ3n) is 5.46. The molecule has 34 heavy (non-hydrogen) atoms. The van der Waals surface area contributed by atoms with Crippen molar-refractivity contribution in [1.82, 2.24) is 10.3 Å². The number of fused-ring (bicyclic) bond motifs is 1. The van der Waals surface area contributed by atoms with E-state index in [4.69, 9.17) is 27.9 Å². The minimum Gasteiger partial charge on any atom is -0.491 e. The average Bonchev–Trinajstić information content (AvgIpc) is 2.83. The number of pyridine rings is 1. The van der Waals surface area contributed by atoms with Gasteiger partial charge in [-0.2, -0.15) is 0 Å². The molecule has 5 nitrogen and oxygen atoms in total. The van der Waals surface area contributed by atoms with E-state index in [1.165, 1.54) is 5.56 Å². The number of nitrogens with one attached hydrogen (secondary N) is 3. The van der Waals surface area contributed by atoms with Gasteiger partial charge in [0, 0.05) is 41.5 Å². The summed E-state index contributed by atoms with van der Waals surface area (Å²) in [5.41, 5.74) is 2.98. The fourth-order valence-corrected chi connectivity index (χ4v) is 4.36. The zero-order valence-corrected chi connectivity index (χ0v) is 20.3. The van der Waals surface area contributed by atoms with Crippen LogP contribution >= 0.6 is 23.2 Å². The Balaban J connectivity index is 1.26. The first-order valence-electron chi connectivity index (χ1n) is 11.3. The molecule has 0 saturated carbocycles. The Kier molecular flexibility index (Phi) is 8.47. The predicted molar refractivity (Wildman–Crippen MR) is 141 cm³/mol. The maximum atomic E-state index is 12.2. The second-order valence-corrected chi connectivity index (χ2v) is 8.85. The van der Waals surface area contributed by atoms with Gasteiger partial charge in [0.1, 0.15) is 11.6 Å². The number of rotatable bonds is 11. The van der Waals surface area contributed by atoms with Gasteiger partial charge in [-0.3, -0.25) is 4.79 Å². The Morgan fingerprint density at radius 3 is 2.56 bits per heavy atom. The molecule has 0 aliphatic carbocycles. The summed E-state index contributed by atoms with van der Waals surface area (Å²) in [7, 11) is 0. The topological polar surface area (TPSA) is 66.2 Å². The number of hydrogen-bond donors (Lipinski definition) is 3. The van der Waals surface area contributed by atoms with Crippen LogP contribution in [0.2, 0.25) is 10.0 Å². The second-order valence-electron chi connectivity index (χ2n) is 8.01. The fraction of sp³-hybridized carbons (Fsp3) is 0.222. The summed E-state index contributed by atoms with van der Waals surface area (Å²) in [6.07, 6.45) is 1.67. The highest BCUT2D eigenvalue weighted by Crippen LogP contribution is 2.32. The highest BCUT2D eigenvalue weighted by atomic mass is 35.5. The summed E-state index contributed by atoms with van der Waals surface area (Å²) in [5, 5.41) is 8.50. The number of benzene rings is 3. The van der Waals surface area contributed by atoms with Crippen LogP contribution in [-0.2, 0) is 13.0 Å². The van der Waals surface area contributed by atoms with E-state index in [0.29, 0.717) is 34.3 Å². The Bertz CT molecular complexity index is 1290. The van der Waals surface area contributed by atoms with Crippen LogP contribution in [0.3, 0.4) is 0 Å². The summed E-state index contributed by atoms with van der Waals surface area (Å²) < 4.78 is 6.03. The molecule has 0 bridgehead atoms. The molecule has 0 amide bonds. The van der Waals surface area contributed by atoms with Crippen LogP contribution in [0, 0.1) is 0 Å². The Hall–Kier alpha value is -2.99. The van der Waals surface area contributed by atoms with Gasteiger partial charge in [0.05, 0.1) is 17.1 Å². The lowest BCUT2D eigenvalue weighted by molar-refractivity contribution is 0.318. The van der Waals surface area contributed by atoms with E-state index in [0.717, 1.165) is 42.8 Å². The lowest BCUT2D eigenvalue weighted by Gasteiger charge is -2.15. The van der Waals surface area contributed by atoms with Crippen LogP contribution in [0.1, 0.15) is 17.5 Å². The SMILES string of the molecule is O=c1cc(NCCCNCc2cc(Cl)cc(Cl)c2OCCc2ccccc2)[nH]c2ccccc12. The van der Waals surface area contributed by atoms with Gasteiger partial charge in [0.25, 0.3) is 0 Å². The van der Waals surface area contributed by atoms with Crippen molar-refractivity contribution in [3.63, 3.8) is 0 Å². The number of para-hydroxylation sites is 1. The third kappa shape index (κ3) is 6.54. The average molecular weight is 496 g/mol. The minimum atomic E-state index is 0.00704. The van der Waals surface area contributed by atoms with Gasteiger partial charge in [-0.05, 0) is 42.8 Å². The second kappa shape index (κ2) is 11.9. The van der Waals surface area contributed by atoms with Crippen molar-refractivity contribution < 1.29 is 4.74 Å². The summed E-state index contributed by atoms with van der Waals surface area (Å²) >= 11 is 12.7. The first kappa shape index (κ1) is 24.1. The van der Waals surface area contributed by atoms with E-state index in [1.54, 1.807) is 12.1 Å². The molecule has 0 unspecified atom stereocenters. The quantitative estimate of drug-likeness (QED) is 0.221. The van der Waals surface area contributed by atoms with Gasteiger partial charge in [-0.1, -0.05) is 65.7 Å². The molecule has 0 spiro atoms. The highest BCUT2D eigenvalue weighted by Gasteiger charge is 2.11. The van der Waals surface area contributed by atoms with Crippen molar-refractivity contribution >= 4 is 39.9 Å². The van der Waals surface area contributed by atoms with Crippen LogP contribution in [0.25, 0.3) is 10.9 Å². The molecule has 0 saturated heterocycles. The van der Waals surface area contributed by atoms with Crippen molar-refractivity contribution in [2.75, 3.05) is 25.0 Å². The Morgan fingerprint density at radius 1 is 0.912 bits per heavy atom. The molecular weight excluding hydrogens is 469 g/mol. The molecule has 4 rings (SSSR count). The normalized spacial score (nSPS) is 11.0. The predicted octanol–water partition coefficient (Wildman–Crippen LogP) is 6.05. The molecule has 0 fully saturated rings. The van der Waals surface area contributed by atoms with Crippen LogP contribution in [0.15, 0.2) is 77.6 Å². The van der Waals surface area contributed by atoms with E-state index >= 15 is 0 Å². The van der Waals surface area contributed by atoms with Gasteiger partial charge in [-0.25, -0.2) is 0 Å². The standard InChI is InChI=1S/C27H27Cl2N3O2/c28-21-15-20(27(23(29)16-21)34-14-11-19-7-2-1-3-8-19)18-30-12-6-13-31-26-17-25(33)22-9-4-5-10-24(22)32-26/h1-5,7-10,15-17,30H,6,11-14,18H2,(H2,31,32,33). The highest BCUT2D eigenvalue weighted by molar-refractivity contribution is 6.35. The maximum absolute atomic E-state index is 12.2. The van der Waals surface area contributed by atoms with Gasteiger partial charge in [0.2, 0.25) is 0 Å². The van der Waals surface area contributed by atoms with E-state index in [1.807, 2.05) is 48.5 Å². The van der Waals surface area contributed by atoms with Crippen molar-refractivity contribution in [2.45, 2.75) is 19.4 Å². The lowest BCUT2D eigenvalue weighted by Crippen LogP contribution is -2.19. The van der Waals surface area contributed by atoms with Gasteiger partial charge >= 0.3 is 0 Å². The largest absolute Gasteiger partial charge is 0.491 e. The molecule has 3 N–H and O–H groups in total. The van der Waals surface area contributed by atoms with Crippen LogP contribution < -0.4 is 20.8 Å². The number of hydrogen-bond acceptors (Lipinski definition) is 4. The lowest BCUT2D eigenvalue weighted by atomic mass is 10.1. The molecule has 7 heteroatoms. The summed E-state index contributed by atoms with van der Waals surface area (Å²) in [6.45, 7) is 2.62. The molecule has 0 aliphatic heterocycles. The number of H-pyrrole nitrogens is 1. The number of aromatic nitrogens is 1. The van der Waals surface area contributed by atoms with E-state index in [9.17, 15) is 4.79 Å². The molecule has 1 heterocycles. The summed E-state index contributed by atoms with van der Waals surface area (Å²) in [4.78, 5) is 15.5. The molecule has 176 valence electrons. The summed E-state index contributed by atoms with van der Waals surface area (Å²) in [5.74, 6) is 1.39. The zero-order chi connectivity index (χ0) is 23.8. The first-order valence-corrected chi connectivity index (χ1v) is 12.1. The Labute approximate surface area is 209 Å². The van der Waals surface area contributed by atoms with E-state index in [-0.39, 0.29) is 5.43 Å². The molecular formula is C27H27Cl2N3O2. The van der Waals surface area contributed by atoms with Gasteiger partial charge in [0.15, 0.2) is 5.43 Å². The van der Waals surface area contributed by atoms with E-state index in [2.05, 4.69) is 27.8 Å². The number of ether oxygens (including phenoxy) is 1. The van der Waals surface area contributed by atoms with Crippen LogP contribution in [0.5, 0.6) is 5.75 Å². The minimum absolute atomic E-state index is 0.00704. The third-order valence-corrected chi connectivity index (χ3v) is 5.96. The smallest absolute Gasteiger partial charge is 0.191 e. The molecule has 0 aliphatic rings. The number of halogens is 2. The molecule has 4 aromatic rings. The molecule has 1 aromatic heterocycles. The van der Waals surface area contributed by atoms with Crippen molar-refractivity contribution in [3.05, 3.63) is 104 Å². The monoisotopic (exact) mass is 495 g/mol. The van der Waals surface area contributed by atoms with Gasteiger partial charge in [-0.15, -0.1) is 0 Å². The first-order chi connectivity index (χ1) is 16.6. The van der Waals surface area contributed by atoms with Crippen molar-refractivity contribution in [3.8, 4) is 5.75 Å². The van der Waals surface area contributed by atoms with Crippen molar-refractivity contribution in [1.29, 1.82) is 0 Å². The zero-order valence-electron chi connectivity index (χ0n) is 18.7. The Morgan fingerprint density at radius 2 is 1.71 bits per heavy atom.